The van der Waals surface area contributed by atoms with Crippen LogP contribution in [0.15, 0.2) is 27.8 Å². The Balaban J connectivity index is 2.01. The lowest BCUT2D eigenvalue weighted by atomic mass is 9.91. The molecule has 3 N–H and O–H groups in total. The minimum Gasteiger partial charge on any atom is -0.378 e. The zero-order valence-electron chi connectivity index (χ0n) is 12.1. The third-order valence-corrected chi connectivity index (χ3v) is 4.12. The predicted octanol–water partition coefficient (Wildman–Crippen LogP) is 0.902. The average Bonchev–Trinajstić information content (AvgIpc) is 2.87. The van der Waals surface area contributed by atoms with Crippen LogP contribution in [0.1, 0.15) is 24.9 Å². The van der Waals surface area contributed by atoms with E-state index in [1.165, 1.54) is 0 Å². The number of aromatic nitrogens is 2. The van der Waals surface area contributed by atoms with Gasteiger partial charge in [0.25, 0.3) is 0 Å². The Kier molecular flexibility index (Phi) is 3.65. The third-order valence-electron chi connectivity index (χ3n) is 4.12. The van der Waals surface area contributed by atoms with Gasteiger partial charge >= 0.3 is 11.1 Å². The average molecular weight is 289 g/mol. The number of H-pyrrole nitrogens is 2. The van der Waals surface area contributed by atoms with E-state index in [4.69, 9.17) is 4.74 Å². The van der Waals surface area contributed by atoms with Gasteiger partial charge in [-0.05, 0) is 38.1 Å². The van der Waals surface area contributed by atoms with E-state index in [1.807, 2.05) is 25.2 Å². The molecule has 0 spiro atoms. The van der Waals surface area contributed by atoms with Gasteiger partial charge in [0.05, 0.1) is 23.7 Å². The summed E-state index contributed by atoms with van der Waals surface area (Å²) in [6.45, 7) is 2.81. The normalized spacial score (nSPS) is 23.5. The molecule has 0 amide bonds. The molecular formula is C15H19N3O3. The quantitative estimate of drug-likeness (QED) is 0.733. The van der Waals surface area contributed by atoms with Crippen LogP contribution in [-0.4, -0.2) is 29.7 Å². The summed E-state index contributed by atoms with van der Waals surface area (Å²) in [7, 11) is 1.92. The Hall–Kier alpha value is -1.92. The lowest BCUT2D eigenvalue weighted by Gasteiger charge is -2.22. The highest BCUT2D eigenvalue weighted by Crippen LogP contribution is 2.32. The molecule has 6 nitrogen and oxygen atoms in total. The molecule has 3 atom stereocenters. The summed E-state index contributed by atoms with van der Waals surface area (Å²) in [5.74, 6) is 0.400. The number of hydrogen-bond donors (Lipinski definition) is 3. The van der Waals surface area contributed by atoms with Crippen molar-refractivity contribution in [3.05, 3.63) is 44.5 Å². The van der Waals surface area contributed by atoms with Crippen LogP contribution in [0.25, 0.3) is 11.0 Å². The molecule has 1 aliphatic heterocycles. The van der Waals surface area contributed by atoms with Gasteiger partial charge in [0.2, 0.25) is 0 Å². The number of benzene rings is 1. The number of nitrogens with one attached hydrogen (secondary N) is 3. The molecule has 112 valence electrons. The van der Waals surface area contributed by atoms with Gasteiger partial charge in [0.1, 0.15) is 0 Å². The van der Waals surface area contributed by atoms with E-state index < -0.39 is 11.1 Å². The summed E-state index contributed by atoms with van der Waals surface area (Å²) >= 11 is 0. The number of fused-ring (bicyclic) bond motifs is 1. The Morgan fingerprint density at radius 2 is 1.95 bits per heavy atom. The summed E-state index contributed by atoms with van der Waals surface area (Å²) in [6.07, 6.45) is 1.29. The molecule has 0 saturated carbocycles. The molecule has 1 aromatic carbocycles. The van der Waals surface area contributed by atoms with Crippen molar-refractivity contribution in [1.82, 2.24) is 15.3 Å². The maximum atomic E-state index is 11.4. The zero-order valence-corrected chi connectivity index (χ0v) is 12.1. The van der Waals surface area contributed by atoms with E-state index in [0.717, 1.165) is 18.6 Å². The molecule has 1 aromatic heterocycles. The molecule has 1 saturated heterocycles. The van der Waals surface area contributed by atoms with E-state index in [2.05, 4.69) is 22.2 Å². The molecule has 3 unspecified atom stereocenters. The largest absolute Gasteiger partial charge is 0.378 e. The fraction of sp³-hybridized carbons (Fsp3) is 0.467. The highest BCUT2D eigenvalue weighted by atomic mass is 16.5. The molecular weight excluding hydrogens is 270 g/mol. The van der Waals surface area contributed by atoms with Gasteiger partial charge in [0, 0.05) is 12.0 Å². The summed E-state index contributed by atoms with van der Waals surface area (Å²) < 4.78 is 5.65. The molecule has 1 aliphatic rings. The highest BCUT2D eigenvalue weighted by molar-refractivity contribution is 5.74. The van der Waals surface area contributed by atoms with Gasteiger partial charge in [-0.15, -0.1) is 0 Å². The van der Waals surface area contributed by atoms with Crippen molar-refractivity contribution in [1.29, 1.82) is 0 Å². The molecule has 3 rings (SSSR count). The van der Waals surface area contributed by atoms with Crippen LogP contribution in [-0.2, 0) is 4.74 Å². The molecule has 0 bridgehead atoms. The molecule has 0 radical (unpaired) electrons. The Labute approximate surface area is 121 Å². The highest BCUT2D eigenvalue weighted by Gasteiger charge is 2.29. The van der Waals surface area contributed by atoms with E-state index >= 15 is 0 Å². The van der Waals surface area contributed by atoms with Crippen molar-refractivity contribution in [3.8, 4) is 0 Å². The second-order valence-corrected chi connectivity index (χ2v) is 5.62. The molecule has 0 aliphatic carbocycles. The van der Waals surface area contributed by atoms with Crippen molar-refractivity contribution >= 4 is 11.0 Å². The van der Waals surface area contributed by atoms with Crippen LogP contribution in [0.2, 0.25) is 0 Å². The van der Waals surface area contributed by atoms with Crippen molar-refractivity contribution < 1.29 is 4.74 Å². The van der Waals surface area contributed by atoms with Crippen molar-refractivity contribution in [2.75, 3.05) is 13.7 Å². The van der Waals surface area contributed by atoms with Crippen molar-refractivity contribution in [3.63, 3.8) is 0 Å². The minimum absolute atomic E-state index is 0.162. The number of aromatic amines is 2. The number of rotatable bonds is 3. The minimum atomic E-state index is -0.626. The molecule has 6 heteroatoms. The van der Waals surface area contributed by atoms with Crippen LogP contribution in [0, 0.1) is 5.92 Å². The maximum absolute atomic E-state index is 11.4. The van der Waals surface area contributed by atoms with Gasteiger partial charge in [-0.25, -0.2) is 0 Å². The van der Waals surface area contributed by atoms with Gasteiger partial charge in [0.15, 0.2) is 0 Å². The molecule has 1 fully saturated rings. The summed E-state index contributed by atoms with van der Waals surface area (Å²) in [6, 6.07) is 5.87. The molecule has 2 heterocycles. The van der Waals surface area contributed by atoms with Crippen molar-refractivity contribution in [2.45, 2.75) is 25.5 Å². The fourth-order valence-corrected chi connectivity index (χ4v) is 3.08. The lowest BCUT2D eigenvalue weighted by Crippen LogP contribution is -2.29. The van der Waals surface area contributed by atoms with Crippen LogP contribution < -0.4 is 16.4 Å². The maximum Gasteiger partial charge on any atom is 0.314 e. The number of hydrogen-bond acceptors (Lipinski definition) is 4. The SMILES string of the molecule is CNC(c1ccc2[nH]c(=O)c(=O)[nH]c2c1)C1COC(C)C1. The third kappa shape index (κ3) is 2.64. The van der Waals surface area contributed by atoms with E-state index in [1.54, 1.807) is 0 Å². The van der Waals surface area contributed by atoms with E-state index in [-0.39, 0.29) is 12.1 Å². The first kappa shape index (κ1) is 14.0. The first-order valence-corrected chi connectivity index (χ1v) is 7.13. The summed E-state index contributed by atoms with van der Waals surface area (Å²) in [4.78, 5) is 28.0. The standard InChI is InChI=1S/C15H19N3O3/c1-8-5-10(7-21-8)13(16-2)9-3-4-11-12(6-9)18-15(20)14(19)17-11/h3-4,6,8,10,13,16H,5,7H2,1-2H3,(H,17,19)(H,18,20). The van der Waals surface area contributed by atoms with Gasteiger partial charge in [-0.3, -0.25) is 9.59 Å². The number of ether oxygens (including phenoxy) is 1. The second kappa shape index (κ2) is 5.46. The smallest absolute Gasteiger partial charge is 0.314 e. The zero-order chi connectivity index (χ0) is 15.0. The van der Waals surface area contributed by atoms with Crippen LogP contribution >= 0.6 is 0 Å². The van der Waals surface area contributed by atoms with Crippen LogP contribution in [0.4, 0.5) is 0 Å². The lowest BCUT2D eigenvalue weighted by molar-refractivity contribution is 0.117. The summed E-state index contributed by atoms with van der Waals surface area (Å²) in [5, 5.41) is 3.33. The Bertz CT molecular complexity index is 765. The first-order valence-electron chi connectivity index (χ1n) is 7.13. The first-order chi connectivity index (χ1) is 10.1. The van der Waals surface area contributed by atoms with E-state index in [9.17, 15) is 9.59 Å². The monoisotopic (exact) mass is 289 g/mol. The van der Waals surface area contributed by atoms with Crippen LogP contribution in [0.5, 0.6) is 0 Å². The Morgan fingerprint density at radius 3 is 2.57 bits per heavy atom. The van der Waals surface area contributed by atoms with E-state index in [0.29, 0.717) is 17.0 Å². The fourth-order valence-electron chi connectivity index (χ4n) is 3.08. The molecule has 2 aromatic rings. The predicted molar refractivity (Wildman–Crippen MR) is 80.5 cm³/mol. The van der Waals surface area contributed by atoms with Gasteiger partial charge in [-0.2, -0.15) is 0 Å². The molecule has 21 heavy (non-hydrogen) atoms. The summed E-state index contributed by atoms with van der Waals surface area (Å²) in [5.41, 5.74) is 1.10. The Morgan fingerprint density at radius 1 is 1.24 bits per heavy atom. The topological polar surface area (TPSA) is 87.0 Å². The second-order valence-electron chi connectivity index (χ2n) is 5.62. The van der Waals surface area contributed by atoms with Gasteiger partial charge < -0.3 is 20.0 Å². The van der Waals surface area contributed by atoms with Crippen molar-refractivity contribution in [2.24, 2.45) is 5.92 Å². The van der Waals surface area contributed by atoms with Gasteiger partial charge in [-0.1, -0.05) is 6.07 Å². The van der Waals surface area contributed by atoms with Crippen LogP contribution in [0.3, 0.4) is 0 Å².